The number of benzene rings is 2. The molecule has 3 aromatic carbocycles. The van der Waals surface area contributed by atoms with Gasteiger partial charge in [0.15, 0.2) is 0 Å². The van der Waals surface area contributed by atoms with Crippen LogP contribution in [0.25, 0.3) is 11.4 Å². The van der Waals surface area contributed by atoms with Crippen LogP contribution >= 0.6 is 0 Å². The zero-order valence-corrected chi connectivity index (χ0v) is 23.0. The van der Waals surface area contributed by atoms with Gasteiger partial charge in [-0.2, -0.15) is 5.21 Å². The first kappa shape index (κ1) is 27.4. The molecule has 14 nitrogen and oxygen atoms in total. The summed E-state index contributed by atoms with van der Waals surface area (Å²) in [4.78, 5) is 59.2. The molecule has 0 saturated carbocycles. The van der Waals surface area contributed by atoms with Gasteiger partial charge in [0.2, 0.25) is 5.82 Å². The third kappa shape index (κ3) is 5.45. The van der Waals surface area contributed by atoms with Crippen molar-refractivity contribution in [3.05, 3.63) is 109 Å². The first-order valence-corrected chi connectivity index (χ1v) is 13.5. The van der Waals surface area contributed by atoms with Crippen LogP contribution in [0.4, 0.5) is 11.4 Å². The molecule has 2 aromatic heterocycles. The second-order valence-electron chi connectivity index (χ2n) is 10.2. The number of nitrogens with two attached hydrogens (primary N) is 1. The van der Waals surface area contributed by atoms with E-state index in [-0.39, 0.29) is 35.3 Å². The molecular weight excluding hydrogens is 552 g/mol. The van der Waals surface area contributed by atoms with Gasteiger partial charge in [-0.05, 0) is 40.8 Å². The highest BCUT2D eigenvalue weighted by molar-refractivity contribution is 5.97. The lowest BCUT2D eigenvalue weighted by Gasteiger charge is -2.32. The van der Waals surface area contributed by atoms with Crippen LogP contribution in [-0.4, -0.2) is 49.0 Å². The smallest absolute Gasteiger partial charge is 0.270 e. The lowest BCUT2D eigenvalue weighted by molar-refractivity contribution is 0.0934. The molecule has 3 heterocycles. The van der Waals surface area contributed by atoms with E-state index in [4.69, 9.17) is 5.73 Å². The SMILES string of the molecule is C[C@H](NC(=O)c1cc(C(=O)NCc2ccc3c(c2)CN(c2c(N)c(=O)c2=O)CC3)ncn1)c1ccc(-c2nn[nH]n2)cc1. The standard InChI is InChI=1S/C29H26N10O4/c1-15(17-4-6-19(7-5-17)27-35-37-38-36-27)34-29(43)22-11-21(32-14-33-22)28(42)31-12-16-2-3-18-8-9-39(13-20(18)10-16)24-23(30)25(40)26(24)41/h2-7,10-11,14-15H,8-9,12-13,30H2,1H3,(H,31,42)(H,34,43)(H,35,36,37,38)/t15-/m0/s1. The minimum absolute atomic E-state index is 0.0137. The number of nitrogens with zero attached hydrogens (tertiary/aromatic N) is 6. The van der Waals surface area contributed by atoms with Gasteiger partial charge in [-0.3, -0.25) is 19.2 Å². The fraction of sp³-hybridized carbons (Fsp3) is 0.207. The summed E-state index contributed by atoms with van der Waals surface area (Å²) in [7, 11) is 0. The summed E-state index contributed by atoms with van der Waals surface area (Å²) in [5.41, 5.74) is 9.58. The molecule has 1 aliphatic rings. The van der Waals surface area contributed by atoms with Crippen LogP contribution in [-0.2, 0) is 19.5 Å². The summed E-state index contributed by atoms with van der Waals surface area (Å²) in [6.45, 7) is 3.09. The van der Waals surface area contributed by atoms with Gasteiger partial charge in [0.1, 0.15) is 29.1 Å². The Balaban J connectivity index is 1.06. The first-order valence-electron chi connectivity index (χ1n) is 13.5. The number of carbonyl (C=O) groups is 2. The maximum Gasteiger partial charge on any atom is 0.270 e. The predicted molar refractivity (Wildman–Crippen MR) is 156 cm³/mol. The number of anilines is 2. The number of nitrogens with one attached hydrogen (secondary N) is 3. The average Bonchev–Trinajstić information content (AvgIpc) is 3.59. The minimum atomic E-state index is -0.635. The molecular formula is C29H26N10O4. The number of carbonyl (C=O) groups excluding carboxylic acids is 2. The van der Waals surface area contributed by atoms with Crippen LogP contribution in [0.1, 0.15) is 56.2 Å². The summed E-state index contributed by atoms with van der Waals surface area (Å²) in [5.74, 6) is -0.442. The van der Waals surface area contributed by atoms with Crippen molar-refractivity contribution >= 4 is 23.2 Å². The van der Waals surface area contributed by atoms with Gasteiger partial charge < -0.3 is 21.3 Å². The van der Waals surface area contributed by atoms with Crippen molar-refractivity contribution in [1.82, 2.24) is 41.2 Å². The second kappa shape index (κ2) is 11.2. The van der Waals surface area contributed by atoms with E-state index in [1.165, 1.54) is 12.4 Å². The van der Waals surface area contributed by atoms with Gasteiger partial charge >= 0.3 is 0 Å². The third-order valence-corrected chi connectivity index (χ3v) is 7.47. The molecule has 0 aliphatic carbocycles. The second-order valence-corrected chi connectivity index (χ2v) is 10.2. The Hall–Kier alpha value is -5.79. The molecule has 0 radical (unpaired) electrons. The summed E-state index contributed by atoms with van der Waals surface area (Å²) in [5, 5.41) is 19.6. The summed E-state index contributed by atoms with van der Waals surface area (Å²) < 4.78 is 0. The van der Waals surface area contributed by atoms with Crippen molar-refractivity contribution < 1.29 is 9.59 Å². The van der Waals surface area contributed by atoms with Crippen LogP contribution in [0.15, 0.2) is 64.4 Å². The van der Waals surface area contributed by atoms with Gasteiger partial charge in [0.25, 0.3) is 22.7 Å². The first-order chi connectivity index (χ1) is 20.8. The molecule has 1 aliphatic heterocycles. The van der Waals surface area contributed by atoms with Crippen molar-refractivity contribution in [1.29, 1.82) is 0 Å². The van der Waals surface area contributed by atoms with Gasteiger partial charge in [0.05, 0.1) is 6.04 Å². The molecule has 0 bridgehead atoms. The van der Waals surface area contributed by atoms with E-state index < -0.39 is 22.7 Å². The molecule has 216 valence electrons. The fourth-order valence-electron chi connectivity index (χ4n) is 5.06. The number of aromatic nitrogens is 6. The van der Waals surface area contributed by atoms with Crippen molar-refractivity contribution in [3.8, 4) is 11.4 Å². The van der Waals surface area contributed by atoms with E-state index in [9.17, 15) is 19.2 Å². The molecule has 1 atom stereocenters. The highest BCUT2D eigenvalue weighted by atomic mass is 16.2. The quantitative estimate of drug-likeness (QED) is 0.190. The number of hydrogen-bond donors (Lipinski definition) is 4. The third-order valence-electron chi connectivity index (χ3n) is 7.47. The monoisotopic (exact) mass is 578 g/mol. The van der Waals surface area contributed by atoms with Crippen molar-refractivity contribution in [2.75, 3.05) is 17.2 Å². The van der Waals surface area contributed by atoms with Gasteiger partial charge in [-0.1, -0.05) is 42.5 Å². The largest absolute Gasteiger partial charge is 0.394 e. The lowest BCUT2D eigenvalue weighted by atomic mass is 9.96. The number of nitrogen functional groups attached to an aromatic ring is 1. The topological polar surface area (TPSA) is 202 Å². The molecule has 5 aromatic rings. The normalized spacial score (nSPS) is 13.4. The van der Waals surface area contributed by atoms with E-state index in [1.807, 2.05) is 54.3 Å². The molecule has 0 saturated heterocycles. The average molecular weight is 579 g/mol. The van der Waals surface area contributed by atoms with Gasteiger partial charge in [0, 0.05) is 31.3 Å². The van der Waals surface area contributed by atoms with Crippen LogP contribution in [0.3, 0.4) is 0 Å². The number of hydrogen-bond acceptors (Lipinski definition) is 11. The molecule has 43 heavy (non-hydrogen) atoms. The van der Waals surface area contributed by atoms with E-state index in [2.05, 4.69) is 41.2 Å². The van der Waals surface area contributed by atoms with Crippen LogP contribution in [0.2, 0.25) is 0 Å². The highest BCUT2D eigenvalue weighted by Crippen LogP contribution is 2.26. The number of fused-ring (bicyclic) bond motifs is 1. The Morgan fingerprint density at radius 1 is 1.00 bits per heavy atom. The molecule has 2 amide bonds. The van der Waals surface area contributed by atoms with Gasteiger partial charge in [-0.15, -0.1) is 10.2 Å². The summed E-state index contributed by atoms with van der Waals surface area (Å²) in [6.07, 6.45) is 1.88. The Morgan fingerprint density at radius 3 is 2.49 bits per heavy atom. The van der Waals surface area contributed by atoms with Crippen LogP contribution < -0.4 is 32.1 Å². The molecule has 0 fully saturated rings. The Bertz CT molecular complexity index is 1900. The molecule has 0 unspecified atom stereocenters. The molecule has 5 N–H and O–H groups in total. The molecule has 14 heteroatoms. The van der Waals surface area contributed by atoms with Crippen molar-refractivity contribution in [2.45, 2.75) is 32.5 Å². The van der Waals surface area contributed by atoms with Crippen LogP contribution in [0, 0.1) is 0 Å². The van der Waals surface area contributed by atoms with Crippen LogP contribution in [0.5, 0.6) is 0 Å². The highest BCUT2D eigenvalue weighted by Gasteiger charge is 2.27. The predicted octanol–water partition coefficient (Wildman–Crippen LogP) is 0.819. The van der Waals surface area contributed by atoms with E-state index in [0.717, 1.165) is 27.8 Å². The fourth-order valence-corrected chi connectivity index (χ4v) is 5.06. The summed E-state index contributed by atoms with van der Waals surface area (Å²) in [6, 6.07) is 14.3. The zero-order valence-electron chi connectivity index (χ0n) is 23.0. The van der Waals surface area contributed by atoms with Gasteiger partial charge in [-0.25, -0.2) is 9.97 Å². The molecule has 0 spiro atoms. The Morgan fingerprint density at radius 2 is 1.77 bits per heavy atom. The van der Waals surface area contributed by atoms with Crippen molar-refractivity contribution in [2.24, 2.45) is 0 Å². The number of H-pyrrole nitrogens is 1. The molecule has 6 rings (SSSR count). The number of rotatable bonds is 8. The van der Waals surface area contributed by atoms with E-state index in [0.29, 0.717) is 25.3 Å². The minimum Gasteiger partial charge on any atom is -0.394 e. The summed E-state index contributed by atoms with van der Waals surface area (Å²) >= 11 is 0. The van der Waals surface area contributed by atoms with E-state index in [1.54, 1.807) is 0 Å². The number of tetrazole rings is 1. The Kier molecular flexibility index (Phi) is 7.15. The maximum absolute atomic E-state index is 12.9. The maximum atomic E-state index is 12.9. The van der Waals surface area contributed by atoms with E-state index >= 15 is 0 Å². The number of aromatic amines is 1. The Labute approximate surface area is 244 Å². The number of amides is 2. The van der Waals surface area contributed by atoms with Crippen molar-refractivity contribution in [3.63, 3.8) is 0 Å². The zero-order chi connectivity index (χ0) is 30.1. The lowest BCUT2D eigenvalue weighted by Crippen LogP contribution is -2.44.